The Balaban J connectivity index is 0. The van der Waals surface area contributed by atoms with Gasteiger partial charge in [0.05, 0.1) is 12.7 Å². The van der Waals surface area contributed by atoms with Crippen LogP contribution >= 0.6 is 0 Å². The number of carbonyl (C=O) groups is 2. The van der Waals surface area contributed by atoms with Crippen LogP contribution in [0.5, 0.6) is 0 Å². The van der Waals surface area contributed by atoms with Crippen LogP contribution in [0.1, 0.15) is 52.4 Å². The number of hydrogen-bond donors (Lipinski definition) is 0. The molecule has 0 N–H and O–H groups in total. The third-order valence-corrected chi connectivity index (χ3v) is 2.53. The molecule has 0 aliphatic carbocycles. The molecule has 0 aromatic carbocycles. The van der Waals surface area contributed by atoms with Crippen LogP contribution in [0.2, 0.25) is 0 Å². The molecule has 0 bridgehead atoms. The first-order chi connectivity index (χ1) is 8.04. The fourth-order valence-corrected chi connectivity index (χ4v) is 1.57. The molecule has 0 aliphatic heterocycles. The second kappa shape index (κ2) is 11.3. The second-order valence-corrected chi connectivity index (χ2v) is 4.01. The predicted octanol–water partition coefficient (Wildman–Crippen LogP) is 1.72. The summed E-state index contributed by atoms with van der Waals surface area (Å²) in [7, 11) is 1.17. The molecule has 0 heterocycles. The van der Waals surface area contributed by atoms with E-state index in [9.17, 15) is 14.7 Å². The smallest absolute Gasteiger partial charge is 0.340 e. The Hall–Kier alpha value is -0.826. The molecule has 0 amide bonds. The summed E-state index contributed by atoms with van der Waals surface area (Å²) < 4.78 is 4.42. The third-order valence-electron chi connectivity index (χ3n) is 2.53. The summed E-state index contributed by atoms with van der Waals surface area (Å²) in [4.78, 5) is 22.4. The van der Waals surface area contributed by atoms with Gasteiger partial charge in [-0.3, -0.25) is 4.79 Å². The van der Waals surface area contributed by atoms with E-state index in [2.05, 4.69) is 11.7 Å². The van der Waals surface area contributed by atoms with Gasteiger partial charge in [0.15, 0.2) is 5.78 Å². The van der Waals surface area contributed by atoms with Crippen molar-refractivity contribution in [2.75, 3.05) is 7.11 Å². The van der Waals surface area contributed by atoms with E-state index < -0.39 is 17.5 Å². The summed E-state index contributed by atoms with van der Waals surface area (Å²) in [6.07, 6.45) is 5.28. The zero-order valence-electron chi connectivity index (χ0n) is 11.2. The molecule has 0 unspecified atom stereocenters. The minimum Gasteiger partial charge on any atom is -0.875 e. The van der Waals surface area contributed by atoms with Crippen LogP contribution in [-0.4, -0.2) is 18.9 Å². The number of carbonyl (C=O) groups excluding carboxylic acids is 2. The van der Waals surface area contributed by atoms with Crippen molar-refractivity contribution in [2.45, 2.75) is 52.4 Å². The van der Waals surface area contributed by atoms with E-state index in [1.54, 1.807) is 0 Å². The molecule has 5 heteroatoms. The third kappa shape index (κ3) is 7.49. The molecular formula is C13H21NiO4-. The van der Waals surface area contributed by atoms with Crippen LogP contribution in [0.3, 0.4) is 0 Å². The second-order valence-electron chi connectivity index (χ2n) is 4.01. The molecule has 0 aromatic rings. The van der Waals surface area contributed by atoms with Crippen LogP contribution < -0.4 is 5.11 Å². The van der Waals surface area contributed by atoms with Gasteiger partial charge in [-0.05, 0) is 13.3 Å². The minimum absolute atomic E-state index is 0. The zero-order valence-corrected chi connectivity index (χ0v) is 12.2. The molecule has 0 spiro atoms. The van der Waals surface area contributed by atoms with E-state index in [0.717, 1.165) is 25.7 Å². The number of unbranched alkanes of at least 4 members (excludes halogenated alkanes) is 4. The van der Waals surface area contributed by atoms with Gasteiger partial charge < -0.3 is 9.84 Å². The molecule has 0 saturated heterocycles. The molecular weight excluding hydrogens is 279 g/mol. The molecule has 0 aromatic heterocycles. The van der Waals surface area contributed by atoms with E-state index >= 15 is 0 Å². The van der Waals surface area contributed by atoms with Crippen molar-refractivity contribution in [3.8, 4) is 0 Å². The van der Waals surface area contributed by atoms with Crippen molar-refractivity contribution in [3.63, 3.8) is 0 Å². The average Bonchev–Trinajstić information content (AvgIpc) is 2.28. The van der Waals surface area contributed by atoms with Crippen LogP contribution in [-0.2, 0) is 30.8 Å². The largest absolute Gasteiger partial charge is 0.875 e. The van der Waals surface area contributed by atoms with E-state index in [4.69, 9.17) is 0 Å². The van der Waals surface area contributed by atoms with E-state index in [1.165, 1.54) is 14.0 Å². The number of Topliss-reactive ketones (excluding diaryl/α,β-unsaturated/α-hetero) is 1. The van der Waals surface area contributed by atoms with E-state index in [0.29, 0.717) is 6.42 Å². The first-order valence-electron chi connectivity index (χ1n) is 6.04. The summed E-state index contributed by atoms with van der Waals surface area (Å²) in [6, 6.07) is 0. The SMILES string of the molecule is CCCCCCCC([O-])=C(C(C)=O)C(=O)OC.[Ni]. The van der Waals surface area contributed by atoms with E-state index in [-0.39, 0.29) is 28.5 Å². The molecule has 108 valence electrons. The Bertz CT molecular complexity index is 297. The van der Waals surface area contributed by atoms with Crippen LogP contribution in [0.15, 0.2) is 11.3 Å². The summed E-state index contributed by atoms with van der Waals surface area (Å²) in [5.74, 6) is -1.74. The quantitative estimate of drug-likeness (QED) is 0.130. The molecule has 0 rings (SSSR count). The van der Waals surface area contributed by atoms with Crippen molar-refractivity contribution in [2.24, 2.45) is 0 Å². The number of esters is 1. The first kappa shape index (κ1) is 19.5. The minimum atomic E-state index is -0.823. The molecule has 0 atom stereocenters. The van der Waals surface area contributed by atoms with Gasteiger partial charge in [-0.25, -0.2) is 4.79 Å². The number of hydrogen-bond acceptors (Lipinski definition) is 4. The average molecular weight is 300 g/mol. The summed E-state index contributed by atoms with van der Waals surface area (Å²) >= 11 is 0. The Kier molecular flexibility index (Phi) is 12.2. The maximum absolute atomic E-state index is 11.7. The van der Waals surface area contributed by atoms with Gasteiger partial charge in [0.25, 0.3) is 0 Å². The molecule has 0 saturated carbocycles. The van der Waals surface area contributed by atoms with Gasteiger partial charge >= 0.3 is 5.97 Å². The zero-order chi connectivity index (χ0) is 13.3. The number of ketones is 1. The molecule has 0 fully saturated rings. The molecule has 0 aliphatic rings. The van der Waals surface area contributed by atoms with Crippen molar-refractivity contribution >= 4 is 11.8 Å². The topological polar surface area (TPSA) is 66.4 Å². The van der Waals surface area contributed by atoms with Gasteiger partial charge in [-0.2, -0.15) is 0 Å². The normalized spacial score (nSPS) is 11.3. The number of allylic oxidation sites excluding steroid dienone is 1. The van der Waals surface area contributed by atoms with Gasteiger partial charge in [0, 0.05) is 16.5 Å². The monoisotopic (exact) mass is 299 g/mol. The van der Waals surface area contributed by atoms with Crippen LogP contribution in [0.4, 0.5) is 0 Å². The Morgan fingerprint density at radius 2 is 1.67 bits per heavy atom. The summed E-state index contributed by atoms with van der Waals surface area (Å²) in [5.41, 5.74) is -0.331. The molecule has 4 nitrogen and oxygen atoms in total. The van der Waals surface area contributed by atoms with Crippen molar-refractivity contribution in [1.82, 2.24) is 0 Å². The predicted molar refractivity (Wildman–Crippen MR) is 63.1 cm³/mol. The Labute approximate surface area is 119 Å². The van der Waals surface area contributed by atoms with Crippen molar-refractivity contribution < 1.29 is 35.9 Å². The van der Waals surface area contributed by atoms with E-state index in [1.807, 2.05) is 0 Å². The fraction of sp³-hybridized carbons (Fsp3) is 0.692. The maximum atomic E-state index is 11.7. The first-order valence-corrected chi connectivity index (χ1v) is 6.04. The summed E-state index contributed by atoms with van der Waals surface area (Å²) in [6.45, 7) is 3.32. The van der Waals surface area contributed by atoms with Crippen molar-refractivity contribution in [1.29, 1.82) is 0 Å². The maximum Gasteiger partial charge on any atom is 0.340 e. The van der Waals surface area contributed by atoms with Gasteiger partial charge in [0.2, 0.25) is 0 Å². The number of ether oxygens (including phenoxy) is 1. The Morgan fingerprint density at radius 1 is 1.11 bits per heavy atom. The fourth-order valence-electron chi connectivity index (χ4n) is 1.57. The van der Waals surface area contributed by atoms with Gasteiger partial charge in [0.1, 0.15) is 0 Å². The van der Waals surface area contributed by atoms with Gasteiger partial charge in [-0.1, -0.05) is 39.0 Å². The van der Waals surface area contributed by atoms with Crippen LogP contribution in [0.25, 0.3) is 0 Å². The summed E-state index contributed by atoms with van der Waals surface area (Å²) in [5, 5.41) is 11.7. The van der Waals surface area contributed by atoms with Crippen molar-refractivity contribution in [3.05, 3.63) is 11.3 Å². The van der Waals surface area contributed by atoms with Crippen LogP contribution in [0, 0.1) is 0 Å². The molecule has 18 heavy (non-hydrogen) atoms. The number of rotatable bonds is 8. The van der Waals surface area contributed by atoms with Gasteiger partial charge in [-0.15, -0.1) is 5.76 Å². The number of methoxy groups -OCH3 is 1. The Morgan fingerprint density at radius 3 is 2.11 bits per heavy atom. The molecule has 0 radical (unpaired) electrons. The standard InChI is InChI=1S/C13H22O4.Ni/c1-4-5-6-7-8-9-11(15)12(10(2)14)13(16)17-3;/h15H,4-9H2,1-3H3;/p-1.